The average Bonchev–Trinajstić information content (AvgIpc) is 2.88. The highest BCUT2D eigenvalue weighted by Crippen LogP contribution is 2.33. The number of hydrogen-bond donors (Lipinski definition) is 2. The number of aromatic nitrogens is 1. The molecule has 5 heteroatoms. The van der Waals surface area contributed by atoms with E-state index in [4.69, 9.17) is 4.74 Å². The summed E-state index contributed by atoms with van der Waals surface area (Å²) in [6.45, 7) is 4.01. The molecule has 2 aromatic rings. The number of rotatable bonds is 6. The fourth-order valence-corrected chi connectivity index (χ4v) is 2.60. The predicted molar refractivity (Wildman–Crippen MR) is 77.8 cm³/mol. The van der Waals surface area contributed by atoms with Gasteiger partial charge in [-0.2, -0.15) is 0 Å². The Morgan fingerprint density at radius 3 is 3.00 bits per heavy atom. The van der Waals surface area contributed by atoms with Crippen LogP contribution in [0.25, 0.3) is 10.6 Å². The molecule has 0 unspecified atom stereocenters. The molecule has 0 aliphatic rings. The zero-order valence-electron chi connectivity index (χ0n) is 11.1. The van der Waals surface area contributed by atoms with Crippen LogP contribution >= 0.6 is 11.3 Å². The summed E-state index contributed by atoms with van der Waals surface area (Å²) in [5.74, 6) is 0.617. The van der Waals surface area contributed by atoms with Crippen LogP contribution in [0.5, 0.6) is 11.5 Å². The number of thiazole rings is 1. The third-order valence-electron chi connectivity index (χ3n) is 2.71. The number of hydrogen-bond acceptors (Lipinski definition) is 5. The van der Waals surface area contributed by atoms with E-state index in [9.17, 15) is 5.11 Å². The van der Waals surface area contributed by atoms with E-state index in [0.717, 1.165) is 30.1 Å². The second kappa shape index (κ2) is 6.54. The molecule has 0 fully saturated rings. The predicted octanol–water partition coefficient (Wildman–Crippen LogP) is 3.02. The average molecular weight is 278 g/mol. The van der Waals surface area contributed by atoms with Crippen LogP contribution in [0, 0.1) is 0 Å². The summed E-state index contributed by atoms with van der Waals surface area (Å²) in [6, 6.07) is 5.28. The van der Waals surface area contributed by atoms with Gasteiger partial charge in [-0.3, -0.25) is 0 Å². The quantitative estimate of drug-likeness (QED) is 0.798. The molecule has 1 aromatic carbocycles. The normalized spacial score (nSPS) is 10.6. The minimum Gasteiger partial charge on any atom is -0.504 e. The monoisotopic (exact) mass is 278 g/mol. The zero-order chi connectivity index (χ0) is 13.7. The fraction of sp³-hybridized carbons (Fsp3) is 0.357. The lowest BCUT2D eigenvalue weighted by Crippen LogP contribution is -2.12. The number of methoxy groups -OCH3 is 1. The van der Waals surface area contributed by atoms with Crippen molar-refractivity contribution in [2.45, 2.75) is 19.9 Å². The highest BCUT2D eigenvalue weighted by atomic mass is 32.1. The van der Waals surface area contributed by atoms with Crippen LogP contribution in [0.3, 0.4) is 0 Å². The van der Waals surface area contributed by atoms with Gasteiger partial charge >= 0.3 is 0 Å². The second-order valence-corrected chi connectivity index (χ2v) is 5.31. The third-order valence-corrected chi connectivity index (χ3v) is 3.75. The van der Waals surface area contributed by atoms with Crippen molar-refractivity contribution in [3.63, 3.8) is 0 Å². The number of phenolic OH excluding ortho intramolecular Hbond substituents is 1. The van der Waals surface area contributed by atoms with Crippen LogP contribution in [0.2, 0.25) is 0 Å². The van der Waals surface area contributed by atoms with E-state index in [2.05, 4.69) is 17.2 Å². The maximum Gasteiger partial charge on any atom is 0.161 e. The maximum absolute atomic E-state index is 9.58. The summed E-state index contributed by atoms with van der Waals surface area (Å²) in [6.07, 6.45) is 3.02. The van der Waals surface area contributed by atoms with Gasteiger partial charge in [-0.25, -0.2) is 4.98 Å². The number of nitrogens with zero attached hydrogens (tertiary/aromatic N) is 1. The Kier molecular flexibility index (Phi) is 4.76. The first-order valence-corrected chi connectivity index (χ1v) is 7.09. The SMILES string of the molecule is CCCNCc1cnc(-c2ccc(O)c(OC)c2)s1. The van der Waals surface area contributed by atoms with E-state index in [0.29, 0.717) is 5.75 Å². The first-order chi connectivity index (χ1) is 9.24. The van der Waals surface area contributed by atoms with E-state index in [1.165, 1.54) is 4.88 Å². The number of ether oxygens (including phenoxy) is 1. The highest BCUT2D eigenvalue weighted by Gasteiger charge is 2.08. The molecule has 0 aliphatic heterocycles. The summed E-state index contributed by atoms with van der Waals surface area (Å²) < 4.78 is 5.11. The van der Waals surface area contributed by atoms with Gasteiger partial charge in [0.1, 0.15) is 5.01 Å². The van der Waals surface area contributed by atoms with Gasteiger partial charge in [0.05, 0.1) is 7.11 Å². The van der Waals surface area contributed by atoms with Crippen LogP contribution in [0.4, 0.5) is 0 Å². The molecular formula is C14H18N2O2S. The Hall–Kier alpha value is -1.59. The van der Waals surface area contributed by atoms with Crippen molar-refractivity contribution in [3.8, 4) is 22.1 Å². The summed E-state index contributed by atoms with van der Waals surface area (Å²) in [5, 5.41) is 13.9. The Balaban J connectivity index is 2.13. The first kappa shape index (κ1) is 13.8. The Labute approximate surface area is 117 Å². The lowest BCUT2D eigenvalue weighted by Gasteiger charge is -2.04. The van der Waals surface area contributed by atoms with Crippen molar-refractivity contribution >= 4 is 11.3 Å². The van der Waals surface area contributed by atoms with E-state index in [1.807, 2.05) is 12.3 Å². The largest absolute Gasteiger partial charge is 0.504 e. The van der Waals surface area contributed by atoms with Crippen molar-refractivity contribution in [1.29, 1.82) is 0 Å². The number of nitrogens with one attached hydrogen (secondary N) is 1. The van der Waals surface area contributed by atoms with Gasteiger partial charge < -0.3 is 15.2 Å². The molecule has 0 amide bonds. The maximum atomic E-state index is 9.58. The van der Waals surface area contributed by atoms with Crippen LogP contribution in [0.15, 0.2) is 24.4 Å². The van der Waals surface area contributed by atoms with Crippen molar-refractivity contribution in [1.82, 2.24) is 10.3 Å². The van der Waals surface area contributed by atoms with Crippen LogP contribution in [-0.2, 0) is 6.54 Å². The summed E-state index contributed by atoms with van der Waals surface area (Å²) in [5.41, 5.74) is 0.960. The molecule has 0 spiro atoms. The number of benzene rings is 1. The Bertz CT molecular complexity index is 540. The molecule has 0 saturated carbocycles. The molecule has 1 heterocycles. The Morgan fingerprint density at radius 1 is 1.42 bits per heavy atom. The molecule has 102 valence electrons. The van der Waals surface area contributed by atoms with E-state index in [1.54, 1.807) is 30.6 Å². The van der Waals surface area contributed by atoms with Gasteiger partial charge in [-0.05, 0) is 31.2 Å². The van der Waals surface area contributed by atoms with Crippen molar-refractivity contribution in [2.24, 2.45) is 0 Å². The molecule has 2 N–H and O–H groups in total. The minimum atomic E-state index is 0.146. The van der Waals surface area contributed by atoms with Gasteiger partial charge in [-0.1, -0.05) is 6.92 Å². The molecule has 19 heavy (non-hydrogen) atoms. The van der Waals surface area contributed by atoms with Crippen LogP contribution in [0.1, 0.15) is 18.2 Å². The second-order valence-electron chi connectivity index (χ2n) is 4.20. The zero-order valence-corrected chi connectivity index (χ0v) is 12.0. The molecule has 4 nitrogen and oxygen atoms in total. The minimum absolute atomic E-state index is 0.146. The fourth-order valence-electron chi connectivity index (χ4n) is 1.72. The van der Waals surface area contributed by atoms with Crippen LogP contribution in [-0.4, -0.2) is 23.7 Å². The third kappa shape index (κ3) is 3.45. The molecular weight excluding hydrogens is 260 g/mol. The lowest BCUT2D eigenvalue weighted by atomic mass is 10.2. The molecule has 0 radical (unpaired) electrons. The summed E-state index contributed by atoms with van der Waals surface area (Å²) in [4.78, 5) is 5.62. The molecule has 0 saturated heterocycles. The van der Waals surface area contributed by atoms with Crippen molar-refractivity contribution < 1.29 is 9.84 Å². The van der Waals surface area contributed by atoms with E-state index < -0.39 is 0 Å². The summed E-state index contributed by atoms with van der Waals surface area (Å²) >= 11 is 1.65. The Morgan fingerprint density at radius 2 is 2.26 bits per heavy atom. The van der Waals surface area contributed by atoms with E-state index in [-0.39, 0.29) is 5.75 Å². The molecule has 1 aromatic heterocycles. The van der Waals surface area contributed by atoms with Crippen LogP contribution < -0.4 is 10.1 Å². The van der Waals surface area contributed by atoms with Gasteiger partial charge in [0.2, 0.25) is 0 Å². The van der Waals surface area contributed by atoms with Gasteiger partial charge in [-0.15, -0.1) is 11.3 Å². The standard InChI is InChI=1S/C14H18N2O2S/c1-3-6-15-8-11-9-16-14(19-11)10-4-5-12(17)13(7-10)18-2/h4-5,7,9,15,17H,3,6,8H2,1-2H3. The smallest absolute Gasteiger partial charge is 0.161 e. The van der Waals surface area contributed by atoms with E-state index >= 15 is 0 Å². The lowest BCUT2D eigenvalue weighted by molar-refractivity contribution is 0.373. The molecule has 0 bridgehead atoms. The van der Waals surface area contributed by atoms with Gasteiger partial charge in [0.15, 0.2) is 11.5 Å². The number of phenols is 1. The number of aromatic hydroxyl groups is 1. The van der Waals surface area contributed by atoms with Gasteiger partial charge in [0.25, 0.3) is 0 Å². The highest BCUT2D eigenvalue weighted by molar-refractivity contribution is 7.15. The topological polar surface area (TPSA) is 54.4 Å². The van der Waals surface area contributed by atoms with Gasteiger partial charge in [0, 0.05) is 23.2 Å². The molecule has 2 rings (SSSR count). The summed E-state index contributed by atoms with van der Waals surface area (Å²) in [7, 11) is 1.54. The van der Waals surface area contributed by atoms with Crippen molar-refractivity contribution in [2.75, 3.05) is 13.7 Å². The molecule has 0 atom stereocenters. The molecule has 0 aliphatic carbocycles. The first-order valence-electron chi connectivity index (χ1n) is 6.27. The van der Waals surface area contributed by atoms with Crippen molar-refractivity contribution in [3.05, 3.63) is 29.3 Å².